The van der Waals surface area contributed by atoms with Crippen LogP contribution in [0.25, 0.3) is 0 Å². The van der Waals surface area contributed by atoms with Crippen molar-refractivity contribution in [2.45, 2.75) is 18.6 Å². The Balaban J connectivity index is 2.43. The average Bonchev–Trinajstić information content (AvgIpc) is 2.36. The Kier molecular flexibility index (Phi) is 3.50. The third-order valence-electron chi connectivity index (χ3n) is 1.67. The topological polar surface area (TPSA) is 75.6 Å². The summed E-state index contributed by atoms with van der Waals surface area (Å²) in [6.45, 7) is -0.0648. The van der Waals surface area contributed by atoms with Crippen molar-refractivity contribution in [3.63, 3.8) is 0 Å². The second kappa shape index (κ2) is 4.43. The molecule has 0 aromatic heterocycles. The minimum atomic E-state index is -0.952. The van der Waals surface area contributed by atoms with Crippen LogP contribution in [0.15, 0.2) is 0 Å². The van der Waals surface area contributed by atoms with Gasteiger partial charge in [-0.05, 0) is 0 Å². The predicted octanol–water partition coefficient (Wildman–Crippen LogP) is -0.982. The number of rotatable bonds is 3. The van der Waals surface area contributed by atoms with E-state index in [1.54, 1.807) is 0 Å². The van der Waals surface area contributed by atoms with Crippen LogP contribution in [-0.2, 0) is 14.3 Å². The van der Waals surface area contributed by atoms with Crippen molar-refractivity contribution >= 4 is 23.5 Å². The summed E-state index contributed by atoms with van der Waals surface area (Å²) in [6, 6.07) is -0.935. The van der Waals surface area contributed by atoms with Gasteiger partial charge in [0.2, 0.25) is 5.91 Å². The van der Waals surface area contributed by atoms with E-state index in [2.05, 4.69) is 10.1 Å². The number of hydrogen-bond donors (Lipinski definition) is 2. The highest BCUT2D eigenvalue weighted by molar-refractivity contribution is 6.18. The summed E-state index contributed by atoms with van der Waals surface area (Å²) < 4.78 is 4.52. The fraction of sp³-hybridized carbons (Fsp3) is 0.714. The van der Waals surface area contributed by atoms with Crippen molar-refractivity contribution in [1.82, 2.24) is 5.32 Å². The third-order valence-corrected chi connectivity index (χ3v) is 1.86. The van der Waals surface area contributed by atoms with Gasteiger partial charge in [0, 0.05) is 12.3 Å². The average molecular weight is 208 g/mol. The summed E-state index contributed by atoms with van der Waals surface area (Å²) in [5.41, 5.74) is 0. The van der Waals surface area contributed by atoms with Gasteiger partial charge >= 0.3 is 5.97 Å². The number of ether oxygens (including phenoxy) is 1. The van der Waals surface area contributed by atoms with Crippen LogP contribution < -0.4 is 5.32 Å². The molecule has 2 N–H and O–H groups in total. The van der Waals surface area contributed by atoms with Crippen molar-refractivity contribution in [2.75, 3.05) is 12.5 Å². The molecule has 1 saturated heterocycles. The molecular formula is C7H10ClNO4. The van der Waals surface area contributed by atoms with Gasteiger partial charge < -0.3 is 15.2 Å². The number of amides is 1. The maximum atomic E-state index is 11.0. The lowest BCUT2D eigenvalue weighted by Gasteiger charge is -2.10. The standard InChI is InChI=1S/C7H10ClNO4/c8-2-1-5(11)9-6-4(10)3-13-7(6)12/h4,6,10H,1-3H2,(H,9,11)/t4-,6-/m0/s1. The van der Waals surface area contributed by atoms with Gasteiger partial charge in [0.25, 0.3) is 0 Å². The number of alkyl halides is 1. The number of carbonyl (C=O) groups is 2. The molecule has 0 bridgehead atoms. The van der Waals surface area contributed by atoms with E-state index in [9.17, 15) is 14.7 Å². The Bertz CT molecular complexity index is 221. The summed E-state index contributed by atoms with van der Waals surface area (Å²) in [7, 11) is 0. The van der Waals surface area contributed by atoms with Crippen LogP contribution in [0.5, 0.6) is 0 Å². The smallest absolute Gasteiger partial charge is 0.331 e. The van der Waals surface area contributed by atoms with Crippen LogP contribution in [0.4, 0.5) is 0 Å². The van der Waals surface area contributed by atoms with E-state index in [0.717, 1.165) is 0 Å². The van der Waals surface area contributed by atoms with Gasteiger partial charge in [0.1, 0.15) is 12.7 Å². The van der Waals surface area contributed by atoms with Crippen LogP contribution in [0, 0.1) is 0 Å². The lowest BCUT2D eigenvalue weighted by atomic mass is 10.2. The summed E-state index contributed by atoms with van der Waals surface area (Å²) in [5.74, 6) is -0.780. The van der Waals surface area contributed by atoms with E-state index < -0.39 is 18.1 Å². The predicted molar refractivity (Wildman–Crippen MR) is 44.2 cm³/mol. The molecule has 1 aliphatic rings. The van der Waals surface area contributed by atoms with Gasteiger partial charge in [-0.15, -0.1) is 11.6 Å². The lowest BCUT2D eigenvalue weighted by molar-refractivity contribution is -0.141. The fourth-order valence-electron chi connectivity index (χ4n) is 0.997. The lowest BCUT2D eigenvalue weighted by Crippen LogP contribution is -2.44. The molecule has 0 aromatic carbocycles. The minimum Gasteiger partial charge on any atom is -0.461 e. The molecule has 2 atom stereocenters. The zero-order valence-corrected chi connectivity index (χ0v) is 7.58. The zero-order valence-electron chi connectivity index (χ0n) is 6.83. The molecule has 0 aromatic rings. The molecule has 0 spiro atoms. The number of aliphatic hydroxyl groups is 1. The molecule has 74 valence electrons. The minimum absolute atomic E-state index is 0.0648. The Morgan fingerprint density at radius 2 is 2.46 bits per heavy atom. The van der Waals surface area contributed by atoms with Crippen molar-refractivity contribution in [3.05, 3.63) is 0 Å². The second-order valence-corrected chi connectivity index (χ2v) is 3.06. The monoisotopic (exact) mass is 207 g/mol. The number of esters is 1. The van der Waals surface area contributed by atoms with Crippen LogP contribution in [0.1, 0.15) is 6.42 Å². The van der Waals surface area contributed by atoms with Crippen molar-refractivity contribution in [3.8, 4) is 0 Å². The van der Waals surface area contributed by atoms with Gasteiger partial charge in [0.15, 0.2) is 6.04 Å². The van der Waals surface area contributed by atoms with Gasteiger partial charge in [-0.1, -0.05) is 0 Å². The third kappa shape index (κ3) is 2.57. The number of aliphatic hydroxyl groups excluding tert-OH is 1. The first-order chi connectivity index (χ1) is 6.15. The molecule has 0 saturated carbocycles. The second-order valence-electron chi connectivity index (χ2n) is 2.68. The Labute approximate surface area is 80.0 Å². The molecule has 0 radical (unpaired) electrons. The molecule has 13 heavy (non-hydrogen) atoms. The van der Waals surface area contributed by atoms with Crippen molar-refractivity contribution in [1.29, 1.82) is 0 Å². The first-order valence-corrected chi connectivity index (χ1v) is 4.38. The molecule has 0 unspecified atom stereocenters. The highest BCUT2D eigenvalue weighted by Gasteiger charge is 2.36. The van der Waals surface area contributed by atoms with Crippen molar-refractivity contribution < 1.29 is 19.4 Å². The van der Waals surface area contributed by atoms with Gasteiger partial charge in [-0.3, -0.25) is 4.79 Å². The first kappa shape index (κ1) is 10.3. The molecule has 1 heterocycles. The van der Waals surface area contributed by atoms with E-state index in [1.165, 1.54) is 0 Å². The fourth-order valence-corrected chi connectivity index (χ4v) is 1.17. The summed E-state index contributed by atoms with van der Waals surface area (Å²) in [4.78, 5) is 21.9. The SMILES string of the molecule is O=C(CCCl)N[C@@H]1C(=O)OC[C@@H]1O. The van der Waals surface area contributed by atoms with E-state index >= 15 is 0 Å². The molecule has 1 aliphatic heterocycles. The molecule has 6 heteroatoms. The largest absolute Gasteiger partial charge is 0.461 e. The Morgan fingerprint density at radius 3 is 2.92 bits per heavy atom. The molecular weight excluding hydrogens is 198 g/mol. The quantitative estimate of drug-likeness (QED) is 0.461. The van der Waals surface area contributed by atoms with E-state index in [1.807, 2.05) is 0 Å². The normalized spacial score (nSPS) is 27.1. The van der Waals surface area contributed by atoms with E-state index in [0.29, 0.717) is 0 Å². The van der Waals surface area contributed by atoms with Gasteiger partial charge in [0.05, 0.1) is 0 Å². The molecule has 1 fully saturated rings. The number of nitrogens with one attached hydrogen (secondary N) is 1. The van der Waals surface area contributed by atoms with E-state index in [4.69, 9.17) is 11.6 Å². The van der Waals surface area contributed by atoms with Crippen LogP contribution >= 0.6 is 11.6 Å². The first-order valence-electron chi connectivity index (χ1n) is 3.85. The number of carbonyl (C=O) groups excluding carboxylic acids is 2. The number of halogens is 1. The summed E-state index contributed by atoms with van der Waals surface area (Å²) in [6.07, 6.45) is -0.829. The Hall–Kier alpha value is -0.810. The van der Waals surface area contributed by atoms with Crippen molar-refractivity contribution in [2.24, 2.45) is 0 Å². The number of cyclic esters (lactones) is 1. The van der Waals surface area contributed by atoms with Gasteiger partial charge in [-0.25, -0.2) is 4.79 Å². The van der Waals surface area contributed by atoms with Crippen LogP contribution in [0.3, 0.4) is 0 Å². The van der Waals surface area contributed by atoms with Crippen LogP contribution in [0.2, 0.25) is 0 Å². The highest BCUT2D eigenvalue weighted by Crippen LogP contribution is 2.07. The zero-order chi connectivity index (χ0) is 9.84. The maximum Gasteiger partial charge on any atom is 0.331 e. The molecule has 5 nitrogen and oxygen atoms in total. The summed E-state index contributed by atoms with van der Waals surface area (Å²) >= 11 is 5.32. The van der Waals surface area contributed by atoms with Crippen LogP contribution in [-0.4, -0.2) is 41.6 Å². The maximum absolute atomic E-state index is 11.0. The number of hydrogen-bond acceptors (Lipinski definition) is 4. The molecule has 1 rings (SSSR count). The highest BCUT2D eigenvalue weighted by atomic mass is 35.5. The van der Waals surface area contributed by atoms with E-state index in [-0.39, 0.29) is 24.8 Å². The summed E-state index contributed by atoms with van der Waals surface area (Å²) in [5, 5.41) is 11.5. The molecule has 1 amide bonds. The Morgan fingerprint density at radius 1 is 1.77 bits per heavy atom. The van der Waals surface area contributed by atoms with Gasteiger partial charge in [-0.2, -0.15) is 0 Å². The molecule has 0 aliphatic carbocycles.